The van der Waals surface area contributed by atoms with Crippen molar-refractivity contribution in [2.75, 3.05) is 26.8 Å². The van der Waals surface area contributed by atoms with E-state index in [9.17, 15) is 9.59 Å². The van der Waals surface area contributed by atoms with Gasteiger partial charge in [0.05, 0.1) is 6.54 Å². The summed E-state index contributed by atoms with van der Waals surface area (Å²) in [5, 5.41) is 2.05. The number of benzene rings is 2. The van der Waals surface area contributed by atoms with Gasteiger partial charge in [0, 0.05) is 37.2 Å². The number of carbonyl (C=O) groups excluding carboxylic acids is 2. The van der Waals surface area contributed by atoms with Gasteiger partial charge in [-0.25, -0.2) is 0 Å². The number of methoxy groups -OCH3 is 1. The van der Waals surface area contributed by atoms with Crippen LogP contribution in [0.15, 0.2) is 66.0 Å². The Morgan fingerprint density at radius 1 is 0.917 bits per heavy atom. The van der Waals surface area contributed by atoms with E-state index < -0.39 is 0 Å². The fourth-order valence-electron chi connectivity index (χ4n) is 3.99. The number of amides is 2. The van der Waals surface area contributed by atoms with Crippen molar-refractivity contribution < 1.29 is 14.3 Å². The highest BCUT2D eigenvalue weighted by Gasteiger charge is 2.24. The van der Waals surface area contributed by atoms with Gasteiger partial charge in [0.25, 0.3) is 5.91 Å². The molecule has 0 saturated carbocycles. The minimum atomic E-state index is -0.133. The highest BCUT2D eigenvalue weighted by Crippen LogP contribution is 2.23. The van der Waals surface area contributed by atoms with Gasteiger partial charge in [0.2, 0.25) is 5.91 Å². The summed E-state index contributed by atoms with van der Waals surface area (Å²) in [5.41, 5.74) is 4.01. The molecule has 0 fully saturated rings. The molecule has 0 aliphatic carbocycles. The molecule has 192 valence electrons. The normalized spacial score (nSPS) is 11.4. The average molecular weight is 507 g/mol. The predicted molar refractivity (Wildman–Crippen MR) is 147 cm³/mol. The fraction of sp³-hybridized carbons (Fsp3) is 0.400. The number of thiophene rings is 1. The van der Waals surface area contributed by atoms with Crippen molar-refractivity contribution in [3.8, 4) is 0 Å². The lowest BCUT2D eigenvalue weighted by Crippen LogP contribution is -2.43. The summed E-state index contributed by atoms with van der Waals surface area (Å²) in [6.45, 7) is 10.6. The van der Waals surface area contributed by atoms with Crippen molar-refractivity contribution >= 4 is 23.2 Å². The summed E-state index contributed by atoms with van der Waals surface area (Å²) in [4.78, 5) is 31.8. The lowest BCUT2D eigenvalue weighted by atomic mass is 9.86. The van der Waals surface area contributed by atoms with Crippen molar-refractivity contribution in [1.82, 2.24) is 9.80 Å². The molecular weight excluding hydrogens is 468 g/mol. The molecule has 0 aliphatic rings. The van der Waals surface area contributed by atoms with E-state index in [0.717, 1.165) is 10.4 Å². The van der Waals surface area contributed by atoms with Gasteiger partial charge in [-0.1, -0.05) is 63.2 Å². The largest absolute Gasteiger partial charge is 0.385 e. The molecule has 0 bridgehead atoms. The summed E-state index contributed by atoms with van der Waals surface area (Å²) < 4.78 is 5.21. The Hall–Kier alpha value is -2.96. The van der Waals surface area contributed by atoms with Crippen LogP contribution in [-0.4, -0.2) is 48.4 Å². The molecule has 5 nitrogen and oxygen atoms in total. The zero-order valence-electron chi connectivity index (χ0n) is 22.1. The zero-order valence-corrected chi connectivity index (χ0v) is 22.9. The highest BCUT2D eigenvalue weighted by molar-refractivity contribution is 7.10. The molecule has 1 heterocycles. The van der Waals surface area contributed by atoms with E-state index in [1.807, 2.05) is 59.5 Å². The lowest BCUT2D eigenvalue weighted by molar-refractivity contribution is -0.133. The van der Waals surface area contributed by atoms with Gasteiger partial charge >= 0.3 is 0 Å². The maximum absolute atomic E-state index is 13.7. The molecule has 2 aromatic carbocycles. The Labute approximate surface area is 219 Å². The molecule has 36 heavy (non-hydrogen) atoms. The molecule has 0 aliphatic heterocycles. The van der Waals surface area contributed by atoms with E-state index in [-0.39, 0.29) is 23.8 Å². The predicted octanol–water partition coefficient (Wildman–Crippen LogP) is 6.06. The summed E-state index contributed by atoms with van der Waals surface area (Å²) in [5.74, 6) is -0.199. The summed E-state index contributed by atoms with van der Waals surface area (Å²) in [6, 6.07) is 19.8. The number of hydrogen-bond acceptors (Lipinski definition) is 4. The monoisotopic (exact) mass is 506 g/mol. The third-order valence-corrected chi connectivity index (χ3v) is 7.27. The quantitative estimate of drug-likeness (QED) is 0.297. The maximum atomic E-state index is 13.7. The Bertz CT molecular complexity index is 1120. The van der Waals surface area contributed by atoms with Crippen LogP contribution in [-0.2, 0) is 28.0 Å². The topological polar surface area (TPSA) is 49.9 Å². The molecule has 0 unspecified atom stereocenters. The number of ether oxygens (including phenoxy) is 1. The third kappa shape index (κ3) is 7.77. The molecule has 0 atom stereocenters. The van der Waals surface area contributed by atoms with E-state index in [1.54, 1.807) is 23.3 Å². The highest BCUT2D eigenvalue weighted by atomic mass is 32.1. The van der Waals surface area contributed by atoms with Crippen molar-refractivity contribution in [3.05, 3.63) is 93.2 Å². The Morgan fingerprint density at radius 3 is 2.19 bits per heavy atom. The molecule has 2 amide bonds. The Kier molecular flexibility index (Phi) is 9.85. The Morgan fingerprint density at radius 2 is 1.61 bits per heavy atom. The molecule has 0 radical (unpaired) electrons. The van der Waals surface area contributed by atoms with E-state index in [1.165, 1.54) is 11.1 Å². The smallest absolute Gasteiger partial charge is 0.254 e. The van der Waals surface area contributed by atoms with Crippen LogP contribution in [0.4, 0.5) is 0 Å². The molecule has 0 spiro atoms. The van der Waals surface area contributed by atoms with Crippen LogP contribution < -0.4 is 0 Å². The van der Waals surface area contributed by atoms with Gasteiger partial charge < -0.3 is 14.5 Å². The minimum Gasteiger partial charge on any atom is -0.385 e. The van der Waals surface area contributed by atoms with Crippen LogP contribution in [0, 0.1) is 6.92 Å². The van der Waals surface area contributed by atoms with Gasteiger partial charge in [-0.2, -0.15) is 0 Å². The molecule has 3 rings (SSSR count). The standard InChI is InChI=1S/C30H38N2O3S/c1-23-16-19-36-27(23)21-32(20-24-10-7-6-8-11-24)28(33)22-31(17-9-18-35-5)29(34)25-12-14-26(15-13-25)30(2,3)4/h6-8,10-16,19H,9,17-18,20-22H2,1-5H3. The second-order valence-electron chi connectivity index (χ2n) is 10.2. The molecule has 0 saturated heterocycles. The van der Waals surface area contributed by atoms with Crippen LogP contribution in [0.5, 0.6) is 0 Å². The van der Waals surface area contributed by atoms with Gasteiger partial charge in [0.15, 0.2) is 0 Å². The first-order chi connectivity index (χ1) is 17.2. The number of rotatable bonds is 11. The second-order valence-corrected chi connectivity index (χ2v) is 11.2. The first-order valence-corrected chi connectivity index (χ1v) is 13.3. The van der Waals surface area contributed by atoms with Crippen LogP contribution in [0.1, 0.15) is 59.1 Å². The van der Waals surface area contributed by atoms with Crippen molar-refractivity contribution in [1.29, 1.82) is 0 Å². The van der Waals surface area contributed by atoms with Gasteiger partial charge in [0.1, 0.15) is 6.54 Å². The zero-order chi connectivity index (χ0) is 26.1. The lowest BCUT2D eigenvalue weighted by Gasteiger charge is -2.28. The average Bonchev–Trinajstić information content (AvgIpc) is 3.27. The molecule has 1 aromatic heterocycles. The van der Waals surface area contributed by atoms with Gasteiger partial charge in [-0.05, 0) is 59.0 Å². The first kappa shape index (κ1) is 27.6. The third-order valence-electron chi connectivity index (χ3n) is 6.26. The summed E-state index contributed by atoms with van der Waals surface area (Å²) in [6.07, 6.45) is 0.665. The van der Waals surface area contributed by atoms with Crippen LogP contribution in [0.3, 0.4) is 0 Å². The Balaban J connectivity index is 1.81. The van der Waals surface area contributed by atoms with Crippen LogP contribution in [0.25, 0.3) is 0 Å². The molecular formula is C30H38N2O3S. The summed E-state index contributed by atoms with van der Waals surface area (Å²) in [7, 11) is 1.65. The van der Waals surface area contributed by atoms with Crippen LogP contribution in [0.2, 0.25) is 0 Å². The first-order valence-electron chi connectivity index (χ1n) is 12.4. The molecule has 3 aromatic rings. The van der Waals surface area contributed by atoms with Gasteiger partial charge in [-0.3, -0.25) is 9.59 Å². The molecule has 0 N–H and O–H groups in total. The second kappa shape index (κ2) is 12.8. The maximum Gasteiger partial charge on any atom is 0.254 e. The van der Waals surface area contributed by atoms with Crippen molar-refractivity contribution in [2.45, 2.75) is 52.6 Å². The van der Waals surface area contributed by atoms with Crippen molar-refractivity contribution in [3.63, 3.8) is 0 Å². The van der Waals surface area contributed by atoms with E-state index in [4.69, 9.17) is 4.74 Å². The minimum absolute atomic E-state index is 0.00750. The number of hydrogen-bond donors (Lipinski definition) is 0. The number of carbonyl (C=O) groups is 2. The van der Waals surface area contributed by atoms with E-state index in [0.29, 0.717) is 38.2 Å². The van der Waals surface area contributed by atoms with E-state index >= 15 is 0 Å². The number of nitrogens with zero attached hydrogens (tertiary/aromatic N) is 2. The fourth-order valence-corrected chi connectivity index (χ4v) is 4.91. The molecule has 6 heteroatoms. The van der Waals surface area contributed by atoms with E-state index in [2.05, 4.69) is 39.1 Å². The van der Waals surface area contributed by atoms with Crippen LogP contribution >= 0.6 is 11.3 Å². The van der Waals surface area contributed by atoms with Gasteiger partial charge in [-0.15, -0.1) is 11.3 Å². The SMILES string of the molecule is COCCCN(CC(=O)N(Cc1ccccc1)Cc1sccc1C)C(=O)c1ccc(C(C)(C)C)cc1. The summed E-state index contributed by atoms with van der Waals surface area (Å²) >= 11 is 1.66. The van der Waals surface area contributed by atoms with Crippen molar-refractivity contribution in [2.24, 2.45) is 0 Å². The number of aryl methyl sites for hydroxylation is 1.